The van der Waals surface area contributed by atoms with Crippen molar-refractivity contribution in [3.63, 3.8) is 0 Å². The van der Waals surface area contributed by atoms with Crippen molar-refractivity contribution in [1.82, 2.24) is 15.8 Å². The quantitative estimate of drug-likeness (QED) is 0.385. The first kappa shape index (κ1) is 12.9. The number of carbonyl (C=O) groups is 1. The number of H-pyrrole nitrogens is 1. The number of hydrogen-bond acceptors (Lipinski definition) is 2. The van der Waals surface area contributed by atoms with E-state index in [1.807, 2.05) is 31.2 Å². The summed E-state index contributed by atoms with van der Waals surface area (Å²) in [6, 6.07) is 7.91. The predicted octanol–water partition coefficient (Wildman–Crippen LogP) is 1.85. The van der Waals surface area contributed by atoms with Gasteiger partial charge in [0.05, 0.1) is 6.42 Å². The number of aromatic amines is 1. The molecule has 0 atom stereocenters. The molecule has 0 unspecified atom stereocenters. The van der Waals surface area contributed by atoms with Gasteiger partial charge in [-0.2, -0.15) is 0 Å². The summed E-state index contributed by atoms with van der Waals surface area (Å²) in [5.74, 6) is -0.153. The van der Waals surface area contributed by atoms with Crippen LogP contribution in [0, 0.1) is 6.92 Å². The third kappa shape index (κ3) is 2.83. The van der Waals surface area contributed by atoms with Gasteiger partial charge in [0.1, 0.15) is 4.32 Å². The van der Waals surface area contributed by atoms with E-state index in [0.29, 0.717) is 6.42 Å². The zero-order valence-corrected chi connectivity index (χ0v) is 11.5. The number of nitrogens with one attached hydrogen (secondary N) is 3. The minimum absolute atomic E-state index is 0.153. The van der Waals surface area contributed by atoms with E-state index in [9.17, 15) is 4.79 Å². The van der Waals surface area contributed by atoms with Crippen molar-refractivity contribution >= 4 is 46.0 Å². The molecule has 0 radical (unpaired) electrons. The normalized spacial score (nSPS) is 10.3. The summed E-state index contributed by atoms with van der Waals surface area (Å²) in [6.45, 7) is 1.96. The van der Waals surface area contributed by atoms with Gasteiger partial charge in [0.25, 0.3) is 0 Å². The average molecular weight is 279 g/mol. The average Bonchev–Trinajstić information content (AvgIpc) is 2.64. The number of hydrogen-bond donors (Lipinski definition) is 4. The van der Waals surface area contributed by atoms with Gasteiger partial charge in [-0.25, -0.2) is 0 Å². The third-order valence-electron chi connectivity index (χ3n) is 2.67. The molecule has 1 heterocycles. The predicted molar refractivity (Wildman–Crippen MR) is 79.6 cm³/mol. The molecule has 0 aliphatic rings. The number of hydrazine groups is 1. The summed E-state index contributed by atoms with van der Waals surface area (Å²) in [5, 5.41) is 1.07. The first-order valence-electron chi connectivity index (χ1n) is 5.42. The Morgan fingerprint density at radius 1 is 1.39 bits per heavy atom. The van der Waals surface area contributed by atoms with Crippen molar-refractivity contribution in [3.05, 3.63) is 35.5 Å². The number of carbonyl (C=O) groups excluding carboxylic acids is 1. The van der Waals surface area contributed by atoms with Crippen LogP contribution in [0.3, 0.4) is 0 Å². The number of fused-ring (bicyclic) bond motifs is 1. The van der Waals surface area contributed by atoms with Crippen LogP contribution in [-0.2, 0) is 11.2 Å². The first-order valence-corrected chi connectivity index (χ1v) is 6.27. The molecule has 2 rings (SSSR count). The molecule has 0 aliphatic heterocycles. The van der Waals surface area contributed by atoms with Crippen LogP contribution in [0.1, 0.15) is 11.3 Å². The molecule has 94 valence electrons. The number of rotatable bonds is 2. The molecular weight excluding hydrogens is 266 g/mol. The monoisotopic (exact) mass is 279 g/mol. The van der Waals surface area contributed by atoms with Gasteiger partial charge in [-0.1, -0.05) is 30.4 Å². The number of aromatic nitrogens is 1. The Labute approximate surface area is 116 Å². The van der Waals surface area contributed by atoms with Crippen molar-refractivity contribution in [2.24, 2.45) is 0 Å². The van der Waals surface area contributed by atoms with Crippen molar-refractivity contribution in [1.29, 1.82) is 0 Å². The lowest BCUT2D eigenvalue weighted by Crippen LogP contribution is -2.39. The minimum Gasteiger partial charge on any atom is -0.358 e. The number of thiocarbonyl (C=S) groups is 1. The molecule has 0 fully saturated rings. The van der Waals surface area contributed by atoms with Gasteiger partial charge < -0.3 is 4.98 Å². The Hall–Kier alpha value is -1.53. The highest BCUT2D eigenvalue weighted by Gasteiger charge is 2.11. The van der Waals surface area contributed by atoms with Crippen molar-refractivity contribution < 1.29 is 4.79 Å². The van der Waals surface area contributed by atoms with E-state index in [1.165, 1.54) is 0 Å². The number of aryl methyl sites for hydroxylation is 1. The maximum absolute atomic E-state index is 11.7. The molecule has 2 aromatic rings. The van der Waals surface area contributed by atoms with Crippen LogP contribution in [0.15, 0.2) is 24.3 Å². The maximum atomic E-state index is 11.7. The lowest BCUT2D eigenvalue weighted by Gasteiger charge is -2.06. The lowest BCUT2D eigenvalue weighted by atomic mass is 10.1. The Kier molecular flexibility index (Phi) is 3.88. The summed E-state index contributed by atoms with van der Waals surface area (Å²) in [7, 11) is 0. The molecule has 0 aliphatic carbocycles. The Balaban J connectivity index is 2.18. The highest BCUT2D eigenvalue weighted by atomic mass is 32.1. The summed E-state index contributed by atoms with van der Waals surface area (Å²) in [5.41, 5.74) is 8.04. The molecule has 3 N–H and O–H groups in total. The fraction of sp³-hybridized carbons (Fsp3) is 0.167. The number of benzene rings is 1. The molecule has 0 bridgehead atoms. The summed E-state index contributed by atoms with van der Waals surface area (Å²) >= 11 is 8.56. The molecular formula is C12H13N3OS2. The first-order chi connectivity index (χ1) is 8.58. The molecule has 1 amide bonds. The highest BCUT2D eigenvalue weighted by Crippen LogP contribution is 2.21. The highest BCUT2D eigenvalue weighted by molar-refractivity contribution is 8.11. The molecule has 0 saturated carbocycles. The SMILES string of the molecule is Cc1[nH]c2ccccc2c1CC(=O)NNC(=S)S. The summed E-state index contributed by atoms with van der Waals surface area (Å²) in [4.78, 5) is 15.0. The summed E-state index contributed by atoms with van der Waals surface area (Å²) in [6.07, 6.45) is 0.291. The second-order valence-electron chi connectivity index (χ2n) is 3.93. The van der Waals surface area contributed by atoms with Crippen LogP contribution in [0.25, 0.3) is 10.9 Å². The zero-order chi connectivity index (χ0) is 13.1. The third-order valence-corrected chi connectivity index (χ3v) is 2.89. The van der Waals surface area contributed by atoms with Crippen molar-refractivity contribution in [2.75, 3.05) is 0 Å². The van der Waals surface area contributed by atoms with Gasteiger partial charge in [0, 0.05) is 16.6 Å². The van der Waals surface area contributed by atoms with Gasteiger partial charge in [0.15, 0.2) is 0 Å². The lowest BCUT2D eigenvalue weighted by molar-refractivity contribution is -0.120. The van der Waals surface area contributed by atoms with Crippen LogP contribution in [0.2, 0.25) is 0 Å². The smallest absolute Gasteiger partial charge is 0.242 e. The van der Waals surface area contributed by atoms with Gasteiger partial charge in [-0.3, -0.25) is 15.6 Å². The van der Waals surface area contributed by atoms with Crippen molar-refractivity contribution in [2.45, 2.75) is 13.3 Å². The Morgan fingerprint density at radius 2 is 2.11 bits per heavy atom. The minimum atomic E-state index is -0.153. The fourth-order valence-corrected chi connectivity index (χ4v) is 2.00. The molecule has 0 spiro atoms. The largest absolute Gasteiger partial charge is 0.358 e. The van der Waals surface area contributed by atoms with E-state index >= 15 is 0 Å². The van der Waals surface area contributed by atoms with Crippen LogP contribution in [0.4, 0.5) is 0 Å². The van der Waals surface area contributed by atoms with Gasteiger partial charge in [-0.15, -0.1) is 12.6 Å². The van der Waals surface area contributed by atoms with Crippen LogP contribution in [-0.4, -0.2) is 15.2 Å². The van der Waals surface area contributed by atoms with E-state index in [1.54, 1.807) is 0 Å². The van der Waals surface area contributed by atoms with Crippen LogP contribution >= 0.6 is 24.8 Å². The van der Waals surface area contributed by atoms with Crippen LogP contribution < -0.4 is 10.9 Å². The van der Waals surface area contributed by atoms with E-state index in [-0.39, 0.29) is 10.2 Å². The Morgan fingerprint density at radius 3 is 2.83 bits per heavy atom. The topological polar surface area (TPSA) is 56.9 Å². The van der Waals surface area contributed by atoms with E-state index in [2.05, 4.69) is 28.5 Å². The fourth-order valence-electron chi connectivity index (χ4n) is 1.89. The van der Waals surface area contributed by atoms with Gasteiger partial charge >= 0.3 is 0 Å². The second-order valence-corrected chi connectivity index (χ2v) is 5.09. The second kappa shape index (κ2) is 5.41. The molecule has 6 heteroatoms. The standard InChI is InChI=1S/C12H13N3OS2/c1-7-9(6-11(16)14-15-12(17)18)8-4-2-3-5-10(8)13-7/h2-5,13H,6H2,1H3,(H,14,16)(H2,15,17,18). The molecule has 0 saturated heterocycles. The molecule has 18 heavy (non-hydrogen) atoms. The zero-order valence-electron chi connectivity index (χ0n) is 9.78. The van der Waals surface area contributed by atoms with Gasteiger partial charge in [-0.05, 0) is 18.6 Å². The van der Waals surface area contributed by atoms with E-state index in [4.69, 9.17) is 12.2 Å². The molecule has 1 aromatic carbocycles. The van der Waals surface area contributed by atoms with E-state index in [0.717, 1.165) is 22.2 Å². The Bertz CT molecular complexity index is 606. The number of amides is 1. The maximum Gasteiger partial charge on any atom is 0.242 e. The van der Waals surface area contributed by atoms with Crippen molar-refractivity contribution in [3.8, 4) is 0 Å². The number of para-hydroxylation sites is 1. The molecule has 1 aromatic heterocycles. The number of thiol groups is 1. The van der Waals surface area contributed by atoms with Gasteiger partial charge in [0.2, 0.25) is 5.91 Å². The van der Waals surface area contributed by atoms with Crippen LogP contribution in [0.5, 0.6) is 0 Å². The summed E-state index contributed by atoms with van der Waals surface area (Å²) < 4.78 is 0.235. The van der Waals surface area contributed by atoms with E-state index < -0.39 is 0 Å². The molecule has 4 nitrogen and oxygen atoms in total.